The molecule has 1 aliphatic heterocycles. The predicted octanol–water partition coefficient (Wildman–Crippen LogP) is -1.25. The minimum atomic E-state index is -1.13. The van der Waals surface area contributed by atoms with Crippen molar-refractivity contribution in [1.29, 1.82) is 0 Å². The molecule has 19 heavy (non-hydrogen) atoms. The van der Waals surface area contributed by atoms with E-state index in [2.05, 4.69) is 17.2 Å². The molecule has 1 saturated heterocycles. The number of allylic oxidation sites excluding steroid dienone is 1. The number of nitrogens with one attached hydrogen (secondary N) is 2. The third-order valence-corrected chi connectivity index (χ3v) is 3.25. The zero-order chi connectivity index (χ0) is 13.8. The SMILES string of the molecule is C=CCCC1(CCC(C)C)C(=O)NC(=O)NC1=O.[Na+]. The topological polar surface area (TPSA) is 75.3 Å². The fourth-order valence-electron chi connectivity index (χ4n) is 2.04. The number of imide groups is 2. The van der Waals surface area contributed by atoms with Crippen molar-refractivity contribution in [2.75, 3.05) is 0 Å². The Morgan fingerprint density at radius 1 is 1.16 bits per heavy atom. The minimum Gasteiger partial charge on any atom is -0.277 e. The standard InChI is InChI=1S/C13H20N2O3.Na/c1-4-5-7-13(8-6-9(2)3)10(16)14-12(18)15-11(13)17;/h4,9H,1,5-8H2,2-3H3,(H2,14,15,16,17,18);/q;+1. The summed E-state index contributed by atoms with van der Waals surface area (Å²) in [6.07, 6.45) is 3.82. The maximum atomic E-state index is 12.0. The quantitative estimate of drug-likeness (QED) is 0.361. The van der Waals surface area contributed by atoms with Gasteiger partial charge in [0, 0.05) is 0 Å². The van der Waals surface area contributed by atoms with Crippen LogP contribution in [0.5, 0.6) is 0 Å². The number of urea groups is 1. The molecular weight excluding hydrogens is 255 g/mol. The fraction of sp³-hybridized carbons (Fsp3) is 0.615. The number of hydrogen-bond donors (Lipinski definition) is 2. The van der Waals surface area contributed by atoms with E-state index >= 15 is 0 Å². The summed E-state index contributed by atoms with van der Waals surface area (Å²) in [7, 11) is 0. The first kappa shape index (κ1) is 18.4. The van der Waals surface area contributed by atoms with Crippen molar-refractivity contribution >= 4 is 17.8 Å². The van der Waals surface area contributed by atoms with Gasteiger partial charge in [0.2, 0.25) is 11.8 Å². The van der Waals surface area contributed by atoms with Crippen molar-refractivity contribution in [3.8, 4) is 0 Å². The summed E-state index contributed by atoms with van der Waals surface area (Å²) in [6.45, 7) is 7.67. The Balaban J connectivity index is 0.00000324. The van der Waals surface area contributed by atoms with Crippen molar-refractivity contribution in [2.45, 2.75) is 39.5 Å². The van der Waals surface area contributed by atoms with E-state index in [4.69, 9.17) is 0 Å². The minimum absolute atomic E-state index is 0. The molecule has 0 radical (unpaired) electrons. The predicted molar refractivity (Wildman–Crippen MR) is 67.6 cm³/mol. The van der Waals surface area contributed by atoms with E-state index < -0.39 is 23.3 Å². The van der Waals surface area contributed by atoms with Crippen LogP contribution in [0.15, 0.2) is 12.7 Å². The second-order valence-electron chi connectivity index (χ2n) is 5.08. The van der Waals surface area contributed by atoms with E-state index in [1.807, 2.05) is 13.8 Å². The molecule has 0 aromatic rings. The van der Waals surface area contributed by atoms with E-state index in [0.29, 0.717) is 25.2 Å². The van der Waals surface area contributed by atoms with Crippen LogP contribution in [0.25, 0.3) is 0 Å². The molecule has 1 aliphatic rings. The van der Waals surface area contributed by atoms with Gasteiger partial charge in [0.1, 0.15) is 5.41 Å². The molecule has 0 aliphatic carbocycles. The van der Waals surface area contributed by atoms with Crippen LogP contribution in [0.2, 0.25) is 0 Å². The molecule has 0 bridgehead atoms. The zero-order valence-electron chi connectivity index (χ0n) is 11.9. The molecule has 0 aromatic heterocycles. The molecular formula is C13H20N2NaO3+. The van der Waals surface area contributed by atoms with Crippen LogP contribution >= 0.6 is 0 Å². The van der Waals surface area contributed by atoms with Crippen LogP contribution in [0.3, 0.4) is 0 Å². The average molecular weight is 275 g/mol. The van der Waals surface area contributed by atoms with Crippen LogP contribution in [-0.4, -0.2) is 17.8 Å². The number of barbiturate groups is 1. The van der Waals surface area contributed by atoms with Crippen LogP contribution in [0, 0.1) is 11.3 Å². The second kappa shape index (κ2) is 7.82. The summed E-state index contributed by atoms with van der Waals surface area (Å²) in [4.78, 5) is 35.2. The van der Waals surface area contributed by atoms with E-state index in [0.717, 1.165) is 6.42 Å². The van der Waals surface area contributed by atoms with Crippen molar-refractivity contribution in [1.82, 2.24) is 10.6 Å². The van der Waals surface area contributed by atoms with Crippen molar-refractivity contribution in [3.05, 3.63) is 12.7 Å². The van der Waals surface area contributed by atoms with E-state index in [9.17, 15) is 14.4 Å². The molecule has 0 atom stereocenters. The van der Waals surface area contributed by atoms with Crippen molar-refractivity contribution in [2.24, 2.45) is 11.3 Å². The van der Waals surface area contributed by atoms with Gasteiger partial charge in [0.05, 0.1) is 0 Å². The Bertz CT molecular complexity index is 360. The first-order valence-electron chi connectivity index (χ1n) is 6.20. The van der Waals surface area contributed by atoms with Gasteiger partial charge in [-0.05, 0) is 31.6 Å². The summed E-state index contributed by atoms with van der Waals surface area (Å²) >= 11 is 0. The first-order chi connectivity index (χ1) is 8.42. The van der Waals surface area contributed by atoms with Gasteiger partial charge in [-0.3, -0.25) is 20.2 Å². The van der Waals surface area contributed by atoms with Gasteiger partial charge in [-0.2, -0.15) is 0 Å². The molecule has 1 rings (SSSR count). The smallest absolute Gasteiger partial charge is 0.277 e. The molecule has 5 nitrogen and oxygen atoms in total. The molecule has 100 valence electrons. The van der Waals surface area contributed by atoms with Gasteiger partial charge in [-0.25, -0.2) is 4.79 Å². The molecule has 6 heteroatoms. The molecule has 0 unspecified atom stereocenters. The number of carbonyl (C=O) groups is 3. The molecule has 4 amide bonds. The maximum absolute atomic E-state index is 12.0. The fourth-order valence-corrected chi connectivity index (χ4v) is 2.04. The summed E-state index contributed by atoms with van der Waals surface area (Å²) < 4.78 is 0. The Labute approximate surface area is 135 Å². The Morgan fingerprint density at radius 2 is 1.68 bits per heavy atom. The van der Waals surface area contributed by atoms with Gasteiger partial charge in [0.25, 0.3) is 0 Å². The largest absolute Gasteiger partial charge is 1.00 e. The van der Waals surface area contributed by atoms with E-state index in [1.165, 1.54) is 0 Å². The van der Waals surface area contributed by atoms with Crippen molar-refractivity contribution in [3.63, 3.8) is 0 Å². The molecule has 1 fully saturated rings. The van der Waals surface area contributed by atoms with Gasteiger partial charge in [0.15, 0.2) is 0 Å². The third kappa shape index (κ3) is 4.44. The summed E-state index contributed by atoms with van der Waals surface area (Å²) in [6, 6.07) is -0.733. The monoisotopic (exact) mass is 275 g/mol. The van der Waals surface area contributed by atoms with Crippen molar-refractivity contribution < 1.29 is 43.9 Å². The van der Waals surface area contributed by atoms with Crippen LogP contribution < -0.4 is 40.2 Å². The van der Waals surface area contributed by atoms with Gasteiger partial charge in [-0.15, -0.1) is 6.58 Å². The summed E-state index contributed by atoms with van der Waals surface area (Å²) in [5.74, 6) is -0.582. The van der Waals surface area contributed by atoms with Gasteiger partial charge < -0.3 is 0 Å². The number of hydrogen-bond acceptors (Lipinski definition) is 3. The third-order valence-electron chi connectivity index (χ3n) is 3.25. The summed E-state index contributed by atoms with van der Waals surface area (Å²) in [5.41, 5.74) is -1.13. The number of rotatable bonds is 6. The number of amides is 4. The van der Waals surface area contributed by atoms with Gasteiger partial charge in [-0.1, -0.05) is 19.9 Å². The van der Waals surface area contributed by atoms with E-state index in [1.54, 1.807) is 6.08 Å². The molecule has 0 aromatic carbocycles. The Morgan fingerprint density at radius 3 is 2.11 bits per heavy atom. The average Bonchev–Trinajstić information content (AvgIpc) is 2.27. The Kier molecular flexibility index (Phi) is 7.55. The molecule has 1 heterocycles. The Hall–Kier alpha value is -0.650. The zero-order valence-corrected chi connectivity index (χ0v) is 13.9. The van der Waals surface area contributed by atoms with Crippen LogP contribution in [0.4, 0.5) is 4.79 Å². The molecule has 0 spiro atoms. The first-order valence-corrected chi connectivity index (χ1v) is 6.20. The van der Waals surface area contributed by atoms with Crippen LogP contribution in [0.1, 0.15) is 39.5 Å². The molecule has 0 saturated carbocycles. The van der Waals surface area contributed by atoms with Gasteiger partial charge >= 0.3 is 35.6 Å². The summed E-state index contributed by atoms with van der Waals surface area (Å²) in [5, 5.41) is 4.38. The number of carbonyl (C=O) groups excluding carboxylic acids is 3. The van der Waals surface area contributed by atoms with E-state index in [-0.39, 0.29) is 29.6 Å². The second-order valence-corrected chi connectivity index (χ2v) is 5.08. The van der Waals surface area contributed by atoms with Crippen LogP contribution in [-0.2, 0) is 9.59 Å². The molecule has 2 N–H and O–H groups in total. The normalized spacial score (nSPS) is 17.5. The maximum Gasteiger partial charge on any atom is 1.00 e.